The summed E-state index contributed by atoms with van der Waals surface area (Å²) in [6.07, 6.45) is 0. The van der Waals surface area contributed by atoms with Crippen molar-refractivity contribution in [1.29, 1.82) is 0 Å². The van der Waals surface area contributed by atoms with Crippen LogP contribution in [0, 0.1) is 16.0 Å². The fraction of sp³-hybridized carbons (Fsp3) is 0.364. The zero-order valence-corrected chi connectivity index (χ0v) is 17.6. The number of hydrogen-bond acceptors (Lipinski definition) is 6. The van der Waals surface area contributed by atoms with Crippen LogP contribution in [0.5, 0.6) is 5.75 Å². The molecule has 3 rings (SSSR count). The summed E-state index contributed by atoms with van der Waals surface area (Å²) >= 11 is 0. The number of nitrogens with zero attached hydrogens (tertiary/aromatic N) is 3. The first-order chi connectivity index (χ1) is 14.8. The fourth-order valence-corrected chi connectivity index (χ4v) is 3.32. The standard InChI is InChI=1S/C22H26N4O5/c1-16(2)22(28)25-13-11-24(12-14-25)18-5-3-17(4-6-18)23-21(27)15-31-20-9-7-19(8-10-20)26(29)30/h3-10,16H,11-15H2,1-2H3,(H,23,27). The molecule has 1 aliphatic heterocycles. The second-order valence-electron chi connectivity index (χ2n) is 7.60. The molecule has 1 N–H and O–H groups in total. The first-order valence-electron chi connectivity index (χ1n) is 10.1. The predicted octanol–water partition coefficient (Wildman–Crippen LogP) is 2.92. The lowest BCUT2D eigenvalue weighted by molar-refractivity contribution is -0.384. The number of piperazine rings is 1. The highest BCUT2D eigenvalue weighted by atomic mass is 16.6. The average Bonchev–Trinajstić information content (AvgIpc) is 2.78. The maximum absolute atomic E-state index is 12.1. The van der Waals surface area contributed by atoms with Crippen LogP contribution in [0.4, 0.5) is 17.1 Å². The number of rotatable bonds is 7. The molecule has 2 amide bonds. The maximum Gasteiger partial charge on any atom is 0.269 e. The van der Waals surface area contributed by atoms with E-state index in [0.29, 0.717) is 24.5 Å². The number of benzene rings is 2. The molecule has 1 fully saturated rings. The van der Waals surface area contributed by atoms with Crippen molar-refractivity contribution >= 4 is 28.9 Å². The number of nitrogens with one attached hydrogen (secondary N) is 1. The van der Waals surface area contributed by atoms with Crippen LogP contribution in [0.3, 0.4) is 0 Å². The minimum atomic E-state index is -0.495. The number of hydrogen-bond donors (Lipinski definition) is 1. The summed E-state index contributed by atoms with van der Waals surface area (Å²) in [4.78, 5) is 38.5. The van der Waals surface area contributed by atoms with Crippen molar-refractivity contribution in [3.8, 4) is 5.75 Å². The van der Waals surface area contributed by atoms with E-state index >= 15 is 0 Å². The van der Waals surface area contributed by atoms with Crippen LogP contribution >= 0.6 is 0 Å². The molecule has 0 aromatic heterocycles. The lowest BCUT2D eigenvalue weighted by atomic mass is 10.1. The molecule has 9 nitrogen and oxygen atoms in total. The van der Waals surface area contributed by atoms with Gasteiger partial charge in [-0.1, -0.05) is 13.8 Å². The van der Waals surface area contributed by atoms with Gasteiger partial charge in [0.1, 0.15) is 5.75 Å². The second-order valence-corrected chi connectivity index (χ2v) is 7.60. The van der Waals surface area contributed by atoms with Gasteiger partial charge in [-0.3, -0.25) is 19.7 Å². The molecule has 0 radical (unpaired) electrons. The van der Waals surface area contributed by atoms with Crippen molar-refractivity contribution < 1.29 is 19.2 Å². The number of carbonyl (C=O) groups is 2. The highest BCUT2D eigenvalue weighted by Gasteiger charge is 2.22. The van der Waals surface area contributed by atoms with Gasteiger partial charge >= 0.3 is 0 Å². The lowest BCUT2D eigenvalue weighted by Crippen LogP contribution is -2.49. The molecule has 1 heterocycles. The van der Waals surface area contributed by atoms with Crippen LogP contribution < -0.4 is 15.0 Å². The van der Waals surface area contributed by atoms with E-state index in [4.69, 9.17) is 4.74 Å². The third-order valence-corrected chi connectivity index (χ3v) is 5.02. The minimum absolute atomic E-state index is 0.0128. The van der Waals surface area contributed by atoms with Gasteiger partial charge in [0.2, 0.25) is 5.91 Å². The summed E-state index contributed by atoms with van der Waals surface area (Å²) in [7, 11) is 0. The van der Waals surface area contributed by atoms with Gasteiger partial charge in [0.05, 0.1) is 4.92 Å². The Balaban J connectivity index is 1.46. The lowest BCUT2D eigenvalue weighted by Gasteiger charge is -2.37. The Labute approximate surface area is 180 Å². The molecule has 1 aliphatic rings. The summed E-state index contributed by atoms with van der Waals surface area (Å²) in [5.41, 5.74) is 1.65. The zero-order chi connectivity index (χ0) is 22.4. The van der Waals surface area contributed by atoms with E-state index in [1.807, 2.05) is 43.0 Å². The van der Waals surface area contributed by atoms with Crippen LogP contribution in [0.25, 0.3) is 0 Å². The highest BCUT2D eigenvalue weighted by molar-refractivity contribution is 5.92. The third kappa shape index (κ3) is 5.94. The van der Waals surface area contributed by atoms with Crippen LogP contribution in [-0.2, 0) is 9.59 Å². The number of anilines is 2. The summed E-state index contributed by atoms with van der Waals surface area (Å²) in [6, 6.07) is 13.1. The van der Waals surface area contributed by atoms with E-state index in [9.17, 15) is 19.7 Å². The number of nitro benzene ring substituents is 1. The first-order valence-corrected chi connectivity index (χ1v) is 10.1. The molecule has 164 valence electrons. The Morgan fingerprint density at radius 1 is 1.03 bits per heavy atom. The van der Waals surface area contributed by atoms with Crippen molar-refractivity contribution in [2.24, 2.45) is 5.92 Å². The minimum Gasteiger partial charge on any atom is -0.484 e. The van der Waals surface area contributed by atoms with E-state index in [-0.39, 0.29) is 30.0 Å². The Hall–Kier alpha value is -3.62. The molecule has 0 unspecified atom stereocenters. The van der Waals surface area contributed by atoms with Crippen molar-refractivity contribution in [3.63, 3.8) is 0 Å². The van der Waals surface area contributed by atoms with E-state index in [0.717, 1.165) is 18.8 Å². The van der Waals surface area contributed by atoms with Gasteiger partial charge < -0.3 is 19.9 Å². The second kappa shape index (κ2) is 9.92. The normalized spacial score (nSPS) is 13.8. The van der Waals surface area contributed by atoms with Crippen molar-refractivity contribution in [1.82, 2.24) is 4.90 Å². The molecule has 0 spiro atoms. The van der Waals surface area contributed by atoms with Gasteiger partial charge in [0.25, 0.3) is 11.6 Å². The summed E-state index contributed by atoms with van der Waals surface area (Å²) in [5, 5.41) is 13.4. The maximum atomic E-state index is 12.1. The molecule has 1 saturated heterocycles. The van der Waals surface area contributed by atoms with Gasteiger partial charge in [0.15, 0.2) is 6.61 Å². The SMILES string of the molecule is CC(C)C(=O)N1CCN(c2ccc(NC(=O)COc3ccc([N+](=O)[O-])cc3)cc2)CC1. The summed E-state index contributed by atoms with van der Waals surface area (Å²) in [5.74, 6) is 0.255. The Kier molecular flexibility index (Phi) is 7.07. The number of non-ortho nitro benzene ring substituents is 1. The van der Waals surface area contributed by atoms with Gasteiger partial charge in [0, 0.05) is 55.6 Å². The van der Waals surface area contributed by atoms with Crippen LogP contribution in [0.1, 0.15) is 13.8 Å². The summed E-state index contributed by atoms with van der Waals surface area (Å²) < 4.78 is 5.36. The quantitative estimate of drug-likeness (QED) is 0.539. The Morgan fingerprint density at radius 2 is 1.65 bits per heavy atom. The molecular formula is C22H26N4O5. The monoisotopic (exact) mass is 426 g/mol. The van der Waals surface area contributed by atoms with Crippen LogP contribution in [0.15, 0.2) is 48.5 Å². The highest BCUT2D eigenvalue weighted by Crippen LogP contribution is 2.21. The molecule has 2 aromatic carbocycles. The third-order valence-electron chi connectivity index (χ3n) is 5.02. The summed E-state index contributed by atoms with van der Waals surface area (Å²) in [6.45, 7) is 6.58. The van der Waals surface area contributed by atoms with Crippen molar-refractivity contribution in [2.75, 3.05) is 43.0 Å². The topological polar surface area (TPSA) is 105 Å². The molecule has 0 saturated carbocycles. The molecule has 9 heteroatoms. The largest absolute Gasteiger partial charge is 0.484 e. The Bertz CT molecular complexity index is 920. The van der Waals surface area contributed by atoms with E-state index in [1.165, 1.54) is 24.3 Å². The van der Waals surface area contributed by atoms with Gasteiger partial charge in [-0.05, 0) is 36.4 Å². The molecule has 2 aromatic rings. The predicted molar refractivity (Wildman–Crippen MR) is 117 cm³/mol. The molecular weight excluding hydrogens is 400 g/mol. The molecule has 0 bridgehead atoms. The smallest absolute Gasteiger partial charge is 0.269 e. The van der Waals surface area contributed by atoms with Gasteiger partial charge in [-0.25, -0.2) is 0 Å². The van der Waals surface area contributed by atoms with Gasteiger partial charge in [-0.15, -0.1) is 0 Å². The number of nitro groups is 1. The van der Waals surface area contributed by atoms with Crippen LogP contribution in [0.2, 0.25) is 0 Å². The first kappa shape index (κ1) is 22.1. The molecule has 31 heavy (non-hydrogen) atoms. The van der Waals surface area contributed by atoms with Crippen molar-refractivity contribution in [2.45, 2.75) is 13.8 Å². The van der Waals surface area contributed by atoms with Gasteiger partial charge in [-0.2, -0.15) is 0 Å². The van der Waals surface area contributed by atoms with E-state index in [2.05, 4.69) is 10.2 Å². The zero-order valence-electron chi connectivity index (χ0n) is 17.6. The number of amides is 2. The van der Waals surface area contributed by atoms with E-state index in [1.54, 1.807) is 0 Å². The molecule has 0 aliphatic carbocycles. The fourth-order valence-electron chi connectivity index (χ4n) is 3.32. The Morgan fingerprint density at radius 3 is 2.19 bits per heavy atom. The average molecular weight is 426 g/mol. The van der Waals surface area contributed by atoms with Crippen LogP contribution in [-0.4, -0.2) is 54.4 Å². The molecule has 0 atom stereocenters. The van der Waals surface area contributed by atoms with E-state index < -0.39 is 4.92 Å². The number of ether oxygens (including phenoxy) is 1. The van der Waals surface area contributed by atoms with Crippen molar-refractivity contribution in [3.05, 3.63) is 58.6 Å². The number of carbonyl (C=O) groups excluding carboxylic acids is 2.